The predicted octanol–water partition coefficient (Wildman–Crippen LogP) is 11.6. The highest BCUT2D eigenvalue weighted by molar-refractivity contribution is 7.46. The third-order valence-corrected chi connectivity index (χ3v) is 8.69. The van der Waals surface area contributed by atoms with Gasteiger partial charge in [0, 0.05) is 12.8 Å². The topological polar surface area (TPSA) is 119 Å². The van der Waals surface area contributed by atoms with Crippen molar-refractivity contribution in [3.63, 3.8) is 0 Å². The summed E-state index contributed by atoms with van der Waals surface area (Å²) in [5.41, 5.74) is 0. The molecule has 9 heteroatoms. The number of phosphoric acid groups is 1. The number of esters is 2. The second kappa shape index (κ2) is 35.8. The average molecular weight is 711 g/mol. The molecule has 49 heavy (non-hydrogen) atoms. The Kier molecular flexibility index (Phi) is 34.4. The maximum Gasteiger partial charge on any atom is 0.469 e. The molecular weight excluding hydrogens is 639 g/mol. The SMILES string of the molecule is CC/C=C/C=C/C=C/C=C/CCCCCC(=O)OC(COC(=O)CCCCCCCCCCCCCCCCCCCC)COP(=O)(O)O. The van der Waals surface area contributed by atoms with Crippen LogP contribution in [0.3, 0.4) is 0 Å². The van der Waals surface area contributed by atoms with Crippen molar-refractivity contribution in [2.45, 2.75) is 180 Å². The van der Waals surface area contributed by atoms with E-state index in [1.165, 1.54) is 96.3 Å². The van der Waals surface area contributed by atoms with E-state index < -0.39 is 32.5 Å². The molecule has 1 atom stereocenters. The van der Waals surface area contributed by atoms with Gasteiger partial charge in [0.25, 0.3) is 0 Å². The van der Waals surface area contributed by atoms with E-state index in [9.17, 15) is 14.2 Å². The van der Waals surface area contributed by atoms with Crippen LogP contribution in [-0.2, 0) is 28.2 Å². The normalized spacial score (nSPS) is 13.0. The van der Waals surface area contributed by atoms with Crippen molar-refractivity contribution >= 4 is 19.8 Å². The maximum absolute atomic E-state index is 12.3. The first-order valence-corrected chi connectivity index (χ1v) is 21.0. The molecule has 0 aliphatic carbocycles. The molecule has 0 radical (unpaired) electrons. The smallest absolute Gasteiger partial charge is 0.462 e. The monoisotopic (exact) mass is 710 g/mol. The highest BCUT2D eigenvalue weighted by atomic mass is 31.2. The summed E-state index contributed by atoms with van der Waals surface area (Å²) < 4.78 is 26.3. The lowest BCUT2D eigenvalue weighted by Gasteiger charge is -2.18. The zero-order valence-corrected chi connectivity index (χ0v) is 32.0. The molecule has 284 valence electrons. The molecule has 0 amide bonds. The van der Waals surface area contributed by atoms with Crippen LogP contribution in [-0.4, -0.2) is 41.0 Å². The summed E-state index contributed by atoms with van der Waals surface area (Å²) in [4.78, 5) is 42.7. The van der Waals surface area contributed by atoms with Crippen molar-refractivity contribution in [2.24, 2.45) is 0 Å². The number of allylic oxidation sites excluding steroid dienone is 8. The van der Waals surface area contributed by atoms with E-state index in [1.807, 2.05) is 36.5 Å². The highest BCUT2D eigenvalue weighted by Crippen LogP contribution is 2.36. The Morgan fingerprint density at radius 1 is 0.551 bits per heavy atom. The first-order chi connectivity index (χ1) is 23.8. The van der Waals surface area contributed by atoms with Gasteiger partial charge >= 0.3 is 19.8 Å². The fourth-order valence-corrected chi connectivity index (χ4v) is 5.69. The first kappa shape index (κ1) is 47.0. The van der Waals surface area contributed by atoms with E-state index >= 15 is 0 Å². The van der Waals surface area contributed by atoms with E-state index in [0.29, 0.717) is 6.42 Å². The van der Waals surface area contributed by atoms with E-state index in [2.05, 4.69) is 30.5 Å². The van der Waals surface area contributed by atoms with E-state index in [-0.39, 0.29) is 19.4 Å². The Morgan fingerprint density at radius 2 is 0.980 bits per heavy atom. The zero-order chi connectivity index (χ0) is 36.1. The Hall–Kier alpha value is -1.99. The number of hydrogen-bond donors (Lipinski definition) is 2. The van der Waals surface area contributed by atoms with Gasteiger partial charge in [-0.2, -0.15) is 0 Å². The molecule has 0 aliphatic heterocycles. The number of carbonyl (C=O) groups excluding carboxylic acids is 2. The van der Waals surface area contributed by atoms with Crippen LogP contribution in [0.5, 0.6) is 0 Å². The number of phosphoric ester groups is 1. The van der Waals surface area contributed by atoms with E-state index in [0.717, 1.165) is 44.9 Å². The molecule has 1 unspecified atom stereocenters. The fourth-order valence-electron chi connectivity index (χ4n) is 5.32. The quantitative estimate of drug-likeness (QED) is 0.0289. The summed E-state index contributed by atoms with van der Waals surface area (Å²) >= 11 is 0. The van der Waals surface area contributed by atoms with Crippen LogP contribution in [0.2, 0.25) is 0 Å². The molecule has 0 aromatic carbocycles. The van der Waals surface area contributed by atoms with Crippen molar-refractivity contribution in [1.29, 1.82) is 0 Å². The lowest BCUT2D eigenvalue weighted by Crippen LogP contribution is -2.29. The fraction of sp³-hybridized carbons (Fsp3) is 0.750. The summed E-state index contributed by atoms with van der Waals surface area (Å²) in [6.07, 6.45) is 42.7. The van der Waals surface area contributed by atoms with Crippen LogP contribution in [0.25, 0.3) is 0 Å². The van der Waals surface area contributed by atoms with Gasteiger partial charge in [0.2, 0.25) is 0 Å². The number of rotatable bonds is 35. The summed E-state index contributed by atoms with van der Waals surface area (Å²) in [6, 6.07) is 0. The van der Waals surface area contributed by atoms with Gasteiger partial charge in [0.1, 0.15) is 6.61 Å². The van der Waals surface area contributed by atoms with Crippen LogP contribution in [0.1, 0.15) is 174 Å². The number of unbranched alkanes of at least 4 members (excludes halogenated alkanes) is 20. The van der Waals surface area contributed by atoms with Gasteiger partial charge in [0.05, 0.1) is 6.61 Å². The van der Waals surface area contributed by atoms with Gasteiger partial charge in [-0.25, -0.2) is 4.57 Å². The van der Waals surface area contributed by atoms with Gasteiger partial charge in [-0.15, -0.1) is 0 Å². The Balaban J connectivity index is 3.96. The highest BCUT2D eigenvalue weighted by Gasteiger charge is 2.22. The van der Waals surface area contributed by atoms with E-state index in [1.54, 1.807) is 0 Å². The molecule has 0 saturated heterocycles. The van der Waals surface area contributed by atoms with Crippen molar-refractivity contribution in [3.05, 3.63) is 48.6 Å². The van der Waals surface area contributed by atoms with Gasteiger partial charge in [-0.3, -0.25) is 14.1 Å². The summed E-state index contributed by atoms with van der Waals surface area (Å²) in [6.45, 7) is 3.51. The third-order valence-electron chi connectivity index (χ3n) is 8.21. The molecule has 0 rings (SSSR count). The molecule has 2 N–H and O–H groups in total. The zero-order valence-electron chi connectivity index (χ0n) is 31.1. The van der Waals surface area contributed by atoms with Gasteiger partial charge in [0.15, 0.2) is 6.10 Å². The molecule has 0 saturated carbocycles. The molecular formula is C40H71O8P. The van der Waals surface area contributed by atoms with Gasteiger partial charge in [-0.05, 0) is 32.1 Å². The average Bonchev–Trinajstić information content (AvgIpc) is 3.07. The lowest BCUT2D eigenvalue weighted by atomic mass is 10.0. The third kappa shape index (κ3) is 38.7. The molecule has 0 spiro atoms. The van der Waals surface area contributed by atoms with Gasteiger partial charge in [-0.1, -0.05) is 178 Å². The molecule has 0 bridgehead atoms. The second-order valence-corrected chi connectivity index (χ2v) is 14.2. The van der Waals surface area contributed by atoms with Crippen molar-refractivity contribution in [2.75, 3.05) is 13.2 Å². The molecule has 0 aromatic rings. The maximum atomic E-state index is 12.3. The molecule has 0 fully saturated rings. The summed E-state index contributed by atoms with van der Waals surface area (Å²) in [5, 5.41) is 0. The van der Waals surface area contributed by atoms with Crippen molar-refractivity contribution < 1.29 is 37.9 Å². The number of ether oxygens (including phenoxy) is 2. The Labute approximate surface area is 299 Å². The number of hydrogen-bond acceptors (Lipinski definition) is 6. The van der Waals surface area contributed by atoms with Crippen LogP contribution in [0.4, 0.5) is 0 Å². The minimum absolute atomic E-state index is 0.166. The minimum Gasteiger partial charge on any atom is -0.462 e. The summed E-state index contributed by atoms with van der Waals surface area (Å²) in [7, 11) is -4.76. The van der Waals surface area contributed by atoms with Crippen LogP contribution in [0, 0.1) is 0 Å². The van der Waals surface area contributed by atoms with Crippen LogP contribution in [0.15, 0.2) is 48.6 Å². The molecule has 0 heterocycles. The standard InChI is InChI=1S/C40H71O8P/c1-3-5-7-9-11-13-15-17-18-19-20-21-23-24-26-28-30-32-34-39(41)46-36-38(37-47-49(43,44)45)48-40(42)35-33-31-29-27-25-22-16-14-12-10-8-6-4-2/h6,8,10,12,14,16,22,25,38H,3-5,7,9,11,13,15,17-21,23-24,26-37H2,1-2H3,(H2,43,44,45)/b8-6+,12-10+,16-14+,25-22+. The van der Waals surface area contributed by atoms with Crippen LogP contribution >= 0.6 is 7.82 Å². The largest absolute Gasteiger partial charge is 0.469 e. The predicted molar refractivity (Wildman–Crippen MR) is 202 cm³/mol. The van der Waals surface area contributed by atoms with Crippen LogP contribution < -0.4 is 0 Å². The van der Waals surface area contributed by atoms with Gasteiger partial charge < -0.3 is 19.3 Å². The number of carbonyl (C=O) groups is 2. The van der Waals surface area contributed by atoms with Crippen molar-refractivity contribution in [3.8, 4) is 0 Å². The Morgan fingerprint density at radius 3 is 1.47 bits per heavy atom. The first-order valence-electron chi connectivity index (χ1n) is 19.5. The summed E-state index contributed by atoms with van der Waals surface area (Å²) in [5.74, 6) is -0.929. The second-order valence-electron chi connectivity index (χ2n) is 13.0. The molecule has 0 aromatic heterocycles. The molecule has 8 nitrogen and oxygen atoms in total. The lowest BCUT2D eigenvalue weighted by molar-refractivity contribution is -0.161. The van der Waals surface area contributed by atoms with Crippen molar-refractivity contribution in [1.82, 2.24) is 0 Å². The minimum atomic E-state index is -4.76. The van der Waals surface area contributed by atoms with E-state index in [4.69, 9.17) is 19.3 Å². The Bertz CT molecular complexity index is 937. The molecule has 0 aliphatic rings.